The molecule has 0 fully saturated rings. The number of hydrogen-bond acceptors (Lipinski definition) is 7. The van der Waals surface area contributed by atoms with E-state index in [0.29, 0.717) is 28.4 Å². The summed E-state index contributed by atoms with van der Waals surface area (Å²) in [6, 6.07) is 11.9. The molecule has 0 bridgehead atoms. The Kier molecular flexibility index (Phi) is 9.93. The van der Waals surface area contributed by atoms with Gasteiger partial charge in [0.25, 0.3) is 5.91 Å². The van der Waals surface area contributed by atoms with Gasteiger partial charge in [-0.15, -0.1) is 0 Å². The standard InChI is InChI=1S/C29H29ClN2O6.C2H6/c1-6-11-31-26(33)23-9-8-18(25(32-23)28(35)36-5)20-12-16-15-37-24-10-7-17(30)13-21(24)19(16)14-22(20)27(34)38-29(2,3)4;1-2/h7-10,12-14H,6,11,15H2,1-5H3,(H,31,33);1-2H3. The number of nitrogens with one attached hydrogen (secondary N) is 1. The van der Waals surface area contributed by atoms with Crippen molar-refractivity contribution in [1.29, 1.82) is 0 Å². The largest absolute Gasteiger partial charge is 0.488 e. The first-order valence-corrected chi connectivity index (χ1v) is 13.6. The van der Waals surface area contributed by atoms with E-state index in [2.05, 4.69) is 10.3 Å². The highest BCUT2D eigenvalue weighted by Gasteiger charge is 2.29. The maximum absolute atomic E-state index is 13.5. The maximum atomic E-state index is 13.5. The van der Waals surface area contributed by atoms with Crippen molar-refractivity contribution in [2.45, 2.75) is 60.2 Å². The van der Waals surface area contributed by atoms with E-state index in [0.717, 1.165) is 23.1 Å². The van der Waals surface area contributed by atoms with Gasteiger partial charge in [0, 0.05) is 22.7 Å². The quantitative estimate of drug-likeness (QED) is 0.325. The summed E-state index contributed by atoms with van der Waals surface area (Å²) in [4.78, 5) is 43.2. The van der Waals surface area contributed by atoms with Crippen LogP contribution in [0.15, 0.2) is 42.5 Å². The van der Waals surface area contributed by atoms with E-state index in [4.69, 9.17) is 25.8 Å². The second-order valence-corrected chi connectivity index (χ2v) is 10.3. The minimum atomic E-state index is -0.765. The van der Waals surface area contributed by atoms with Crippen LogP contribution in [-0.4, -0.2) is 42.1 Å². The molecule has 2 aromatic carbocycles. The first kappa shape index (κ1) is 30.6. The van der Waals surface area contributed by atoms with Gasteiger partial charge >= 0.3 is 11.9 Å². The predicted molar refractivity (Wildman–Crippen MR) is 155 cm³/mol. The second kappa shape index (κ2) is 13.0. The SMILES string of the molecule is CC.CCCNC(=O)c1ccc(-c2cc3c(cc2C(=O)OC(C)(C)C)-c2cc(Cl)ccc2OC3)c(C(=O)OC)n1. The average molecular weight is 567 g/mol. The molecule has 1 aromatic heterocycles. The number of hydrogen-bond donors (Lipinski definition) is 1. The Hall–Kier alpha value is -3.91. The second-order valence-electron chi connectivity index (χ2n) is 9.83. The molecule has 8 nitrogen and oxygen atoms in total. The lowest BCUT2D eigenvalue weighted by molar-refractivity contribution is 0.00699. The Labute approximate surface area is 240 Å². The molecule has 1 aliphatic rings. The first-order chi connectivity index (χ1) is 19.0. The molecule has 0 radical (unpaired) electrons. The van der Waals surface area contributed by atoms with Crippen LogP contribution in [0.2, 0.25) is 5.02 Å². The molecule has 212 valence electrons. The zero-order chi connectivity index (χ0) is 29.6. The number of esters is 2. The lowest BCUT2D eigenvalue weighted by atomic mass is 9.88. The fraction of sp³-hybridized carbons (Fsp3) is 0.355. The van der Waals surface area contributed by atoms with Gasteiger partial charge in [0.2, 0.25) is 0 Å². The summed E-state index contributed by atoms with van der Waals surface area (Å²) < 4.78 is 16.6. The van der Waals surface area contributed by atoms with Gasteiger partial charge in [-0.05, 0) is 86.3 Å². The third-order valence-corrected chi connectivity index (χ3v) is 6.04. The number of aromatic nitrogens is 1. The Morgan fingerprint density at radius 2 is 1.70 bits per heavy atom. The third-order valence-electron chi connectivity index (χ3n) is 5.81. The molecule has 2 heterocycles. The molecule has 1 aliphatic heterocycles. The fourth-order valence-electron chi connectivity index (χ4n) is 4.12. The van der Waals surface area contributed by atoms with Gasteiger partial charge in [-0.1, -0.05) is 32.4 Å². The van der Waals surface area contributed by atoms with Crippen molar-refractivity contribution in [3.05, 3.63) is 70.0 Å². The van der Waals surface area contributed by atoms with Crippen LogP contribution < -0.4 is 10.1 Å². The van der Waals surface area contributed by atoms with Gasteiger partial charge in [-0.25, -0.2) is 14.6 Å². The number of benzene rings is 2. The van der Waals surface area contributed by atoms with Gasteiger partial charge in [0.15, 0.2) is 5.69 Å². The monoisotopic (exact) mass is 566 g/mol. The molecule has 9 heteroatoms. The Balaban J connectivity index is 0.00000216. The molecule has 0 atom stereocenters. The zero-order valence-corrected chi connectivity index (χ0v) is 24.7. The van der Waals surface area contributed by atoms with E-state index in [1.165, 1.54) is 13.2 Å². The number of ether oxygens (including phenoxy) is 3. The summed E-state index contributed by atoms with van der Waals surface area (Å²) in [6.45, 7) is 12.0. The topological polar surface area (TPSA) is 104 Å². The molecule has 1 amide bonds. The maximum Gasteiger partial charge on any atom is 0.357 e. The number of rotatable bonds is 6. The van der Waals surface area contributed by atoms with Crippen LogP contribution >= 0.6 is 11.6 Å². The molecular weight excluding hydrogens is 532 g/mol. The highest BCUT2D eigenvalue weighted by Crippen LogP contribution is 2.42. The number of carbonyl (C=O) groups excluding carboxylic acids is 3. The van der Waals surface area contributed by atoms with E-state index in [1.807, 2.05) is 20.8 Å². The fourth-order valence-corrected chi connectivity index (χ4v) is 4.29. The van der Waals surface area contributed by atoms with E-state index in [-0.39, 0.29) is 23.6 Å². The number of amides is 1. The van der Waals surface area contributed by atoms with E-state index >= 15 is 0 Å². The van der Waals surface area contributed by atoms with Crippen molar-refractivity contribution in [1.82, 2.24) is 10.3 Å². The molecule has 0 spiro atoms. The van der Waals surface area contributed by atoms with Crippen molar-refractivity contribution in [2.75, 3.05) is 13.7 Å². The number of pyridine rings is 1. The molecule has 0 unspecified atom stereocenters. The third kappa shape index (κ3) is 6.80. The Bertz CT molecular complexity index is 1430. The molecular formula is C31H35ClN2O6. The van der Waals surface area contributed by atoms with Gasteiger partial charge < -0.3 is 19.5 Å². The first-order valence-electron chi connectivity index (χ1n) is 13.2. The van der Waals surface area contributed by atoms with Crippen molar-refractivity contribution in [3.8, 4) is 28.0 Å². The number of nitrogens with zero attached hydrogens (tertiary/aromatic N) is 1. The van der Waals surface area contributed by atoms with Crippen LogP contribution in [0.1, 0.15) is 84.9 Å². The lowest BCUT2D eigenvalue weighted by Crippen LogP contribution is -2.26. The molecule has 3 aromatic rings. The summed E-state index contributed by atoms with van der Waals surface area (Å²) >= 11 is 6.26. The molecule has 0 saturated heterocycles. The van der Waals surface area contributed by atoms with Crippen molar-refractivity contribution >= 4 is 29.4 Å². The van der Waals surface area contributed by atoms with E-state index in [1.54, 1.807) is 57.2 Å². The minimum absolute atomic E-state index is 0.0614. The number of carbonyl (C=O) groups is 3. The number of methoxy groups -OCH3 is 1. The highest BCUT2D eigenvalue weighted by atomic mass is 35.5. The van der Waals surface area contributed by atoms with Crippen molar-refractivity contribution in [2.24, 2.45) is 0 Å². The summed E-state index contributed by atoms with van der Waals surface area (Å²) in [5.41, 5.74) is 2.44. The summed E-state index contributed by atoms with van der Waals surface area (Å²) in [6.07, 6.45) is 0.748. The van der Waals surface area contributed by atoms with Gasteiger partial charge in [0.05, 0.1) is 12.7 Å². The lowest BCUT2D eigenvalue weighted by Gasteiger charge is -2.25. The zero-order valence-electron chi connectivity index (χ0n) is 23.9. The van der Waals surface area contributed by atoms with Crippen LogP contribution in [0.4, 0.5) is 0 Å². The minimum Gasteiger partial charge on any atom is -0.488 e. The summed E-state index contributed by atoms with van der Waals surface area (Å²) in [5, 5.41) is 3.27. The van der Waals surface area contributed by atoms with Gasteiger partial charge in [-0.2, -0.15) is 0 Å². The van der Waals surface area contributed by atoms with Crippen LogP contribution in [0.25, 0.3) is 22.3 Å². The Morgan fingerprint density at radius 3 is 2.35 bits per heavy atom. The van der Waals surface area contributed by atoms with E-state index < -0.39 is 23.4 Å². The molecule has 0 aliphatic carbocycles. The highest BCUT2D eigenvalue weighted by molar-refractivity contribution is 6.31. The summed E-state index contributed by atoms with van der Waals surface area (Å²) in [7, 11) is 1.23. The molecule has 40 heavy (non-hydrogen) atoms. The Morgan fingerprint density at radius 1 is 0.975 bits per heavy atom. The number of halogens is 1. The number of fused-ring (bicyclic) bond motifs is 3. The predicted octanol–water partition coefficient (Wildman–Crippen LogP) is 6.87. The molecule has 0 saturated carbocycles. The average Bonchev–Trinajstić information content (AvgIpc) is 2.94. The van der Waals surface area contributed by atoms with Crippen LogP contribution in [0.5, 0.6) is 5.75 Å². The summed E-state index contributed by atoms with van der Waals surface area (Å²) in [5.74, 6) is -1.09. The van der Waals surface area contributed by atoms with E-state index in [9.17, 15) is 14.4 Å². The smallest absolute Gasteiger partial charge is 0.357 e. The molecule has 1 N–H and O–H groups in total. The van der Waals surface area contributed by atoms with Crippen LogP contribution in [0, 0.1) is 0 Å². The van der Waals surface area contributed by atoms with Gasteiger partial charge in [0.1, 0.15) is 23.7 Å². The van der Waals surface area contributed by atoms with Crippen molar-refractivity contribution < 1.29 is 28.6 Å². The van der Waals surface area contributed by atoms with Crippen LogP contribution in [-0.2, 0) is 16.1 Å². The van der Waals surface area contributed by atoms with Crippen molar-refractivity contribution in [3.63, 3.8) is 0 Å². The molecule has 4 rings (SSSR count). The normalized spacial score (nSPS) is 11.6. The van der Waals surface area contributed by atoms with Gasteiger partial charge in [-0.3, -0.25) is 4.79 Å². The van der Waals surface area contributed by atoms with Crippen LogP contribution in [0.3, 0.4) is 0 Å².